The van der Waals surface area contributed by atoms with E-state index in [-0.39, 0.29) is 25.0 Å². The van der Waals surface area contributed by atoms with Crippen LogP contribution in [0.1, 0.15) is 33.6 Å². The number of benzene rings is 1. The second kappa shape index (κ2) is 10.1. The van der Waals surface area contributed by atoms with E-state index in [0.29, 0.717) is 47.2 Å². The SMILES string of the molecule is C=C(N=C(OC)[C@@H]1CC1F)c1ccc(C)c(NC(=O)c2cnc3cc(COCCO)ccn23)c1. The van der Waals surface area contributed by atoms with Crippen molar-refractivity contribution in [2.75, 3.05) is 25.6 Å². The Morgan fingerprint density at radius 2 is 2.18 bits per heavy atom. The molecule has 2 atom stereocenters. The van der Waals surface area contributed by atoms with Crippen LogP contribution >= 0.6 is 0 Å². The van der Waals surface area contributed by atoms with Crippen LogP contribution in [0.4, 0.5) is 10.1 Å². The van der Waals surface area contributed by atoms with Crippen molar-refractivity contribution in [1.29, 1.82) is 0 Å². The highest BCUT2D eigenvalue weighted by molar-refractivity contribution is 6.04. The number of imidazole rings is 1. The number of hydrogen-bond donors (Lipinski definition) is 2. The molecule has 1 fully saturated rings. The summed E-state index contributed by atoms with van der Waals surface area (Å²) in [6, 6.07) is 9.16. The Hall–Kier alpha value is -3.56. The highest BCUT2D eigenvalue weighted by Gasteiger charge is 2.43. The first kappa shape index (κ1) is 23.6. The molecule has 2 heterocycles. The van der Waals surface area contributed by atoms with Gasteiger partial charge in [0.1, 0.15) is 17.5 Å². The van der Waals surface area contributed by atoms with E-state index in [9.17, 15) is 9.18 Å². The lowest BCUT2D eigenvalue weighted by Crippen LogP contribution is -2.15. The van der Waals surface area contributed by atoms with Gasteiger partial charge in [-0.15, -0.1) is 0 Å². The molecule has 0 spiro atoms. The van der Waals surface area contributed by atoms with Gasteiger partial charge in [0.25, 0.3) is 5.91 Å². The van der Waals surface area contributed by atoms with E-state index in [2.05, 4.69) is 21.9 Å². The van der Waals surface area contributed by atoms with Gasteiger partial charge in [0.2, 0.25) is 0 Å². The summed E-state index contributed by atoms with van der Waals surface area (Å²) in [4.78, 5) is 21.7. The average molecular weight is 467 g/mol. The van der Waals surface area contributed by atoms with Gasteiger partial charge in [0, 0.05) is 17.4 Å². The number of halogens is 1. The zero-order valence-corrected chi connectivity index (χ0v) is 19.1. The molecule has 9 heteroatoms. The number of aliphatic hydroxyl groups excluding tert-OH is 1. The number of pyridine rings is 1. The van der Waals surface area contributed by atoms with E-state index in [1.54, 1.807) is 16.7 Å². The molecular formula is C25H27FN4O4. The number of amides is 1. The first-order valence-electron chi connectivity index (χ1n) is 10.9. The molecule has 2 N–H and O–H groups in total. The molecule has 34 heavy (non-hydrogen) atoms. The maximum atomic E-state index is 13.4. The molecule has 0 radical (unpaired) electrons. The number of carbonyl (C=O) groups excluding carboxylic acids is 1. The monoisotopic (exact) mass is 466 g/mol. The van der Waals surface area contributed by atoms with E-state index < -0.39 is 6.17 Å². The summed E-state index contributed by atoms with van der Waals surface area (Å²) in [6.45, 7) is 6.43. The fourth-order valence-electron chi connectivity index (χ4n) is 3.55. The number of hydrogen-bond acceptors (Lipinski definition) is 6. The number of aliphatic hydroxyl groups is 1. The Bertz CT molecular complexity index is 1250. The molecule has 1 aliphatic rings. The number of rotatable bonds is 9. The predicted octanol–water partition coefficient (Wildman–Crippen LogP) is 3.78. The molecule has 1 aromatic carbocycles. The standard InChI is InChI=1S/C25H27FN4O4/c1-15-4-5-18(16(2)28-25(33-3)19-12-20(19)26)11-21(15)29-24(32)22-13-27-23-10-17(6-7-30(22)23)14-34-9-8-31/h4-7,10-11,13,19-20,31H,2,8-9,12,14H2,1,3H3,(H,29,32)/t19-,20?/m1/s1. The van der Waals surface area contributed by atoms with Crippen molar-refractivity contribution in [3.05, 3.63) is 71.7 Å². The maximum absolute atomic E-state index is 13.4. The minimum absolute atomic E-state index is 0.0393. The van der Waals surface area contributed by atoms with Gasteiger partial charge in [-0.1, -0.05) is 18.7 Å². The number of anilines is 1. The summed E-state index contributed by atoms with van der Waals surface area (Å²) >= 11 is 0. The van der Waals surface area contributed by atoms with Crippen LogP contribution < -0.4 is 5.32 Å². The zero-order chi connectivity index (χ0) is 24.2. The quantitative estimate of drug-likeness (QED) is 0.284. The summed E-state index contributed by atoms with van der Waals surface area (Å²) in [5, 5.41) is 11.8. The van der Waals surface area contributed by atoms with Gasteiger partial charge in [0.05, 0.1) is 44.7 Å². The Morgan fingerprint density at radius 1 is 1.38 bits per heavy atom. The molecule has 1 saturated carbocycles. The van der Waals surface area contributed by atoms with E-state index >= 15 is 0 Å². The Labute approximate surface area is 196 Å². The number of aromatic nitrogens is 2. The van der Waals surface area contributed by atoms with E-state index in [1.165, 1.54) is 13.3 Å². The molecule has 1 aliphatic carbocycles. The van der Waals surface area contributed by atoms with Crippen molar-refractivity contribution < 1.29 is 23.8 Å². The largest absolute Gasteiger partial charge is 0.484 e. The van der Waals surface area contributed by atoms with E-state index in [0.717, 1.165) is 11.1 Å². The predicted molar refractivity (Wildman–Crippen MR) is 128 cm³/mol. The lowest BCUT2D eigenvalue weighted by molar-refractivity contribution is 0.0815. The molecule has 1 amide bonds. The number of nitrogens with zero attached hydrogens (tertiary/aromatic N) is 3. The fraction of sp³-hybridized carbons (Fsp3) is 0.320. The molecule has 0 aliphatic heterocycles. The van der Waals surface area contributed by atoms with Gasteiger partial charge in [-0.05, 0) is 42.7 Å². The third-order valence-electron chi connectivity index (χ3n) is 5.62. The molecular weight excluding hydrogens is 439 g/mol. The summed E-state index contributed by atoms with van der Waals surface area (Å²) in [7, 11) is 1.47. The topological polar surface area (TPSA) is 97.5 Å². The van der Waals surface area contributed by atoms with Gasteiger partial charge in [-0.2, -0.15) is 0 Å². The fourth-order valence-corrected chi connectivity index (χ4v) is 3.55. The Kier molecular flexibility index (Phi) is 7.04. The van der Waals surface area contributed by atoms with Crippen LogP contribution in [0.5, 0.6) is 0 Å². The molecule has 0 bridgehead atoms. The van der Waals surface area contributed by atoms with E-state index in [4.69, 9.17) is 14.6 Å². The smallest absolute Gasteiger partial charge is 0.274 e. The number of ether oxygens (including phenoxy) is 2. The molecule has 2 aromatic heterocycles. The van der Waals surface area contributed by atoms with Gasteiger partial charge in [-0.25, -0.2) is 14.4 Å². The lowest BCUT2D eigenvalue weighted by Gasteiger charge is -2.12. The maximum Gasteiger partial charge on any atom is 0.274 e. The number of methoxy groups -OCH3 is 1. The van der Waals surface area contributed by atoms with Gasteiger partial charge >= 0.3 is 0 Å². The van der Waals surface area contributed by atoms with Crippen LogP contribution in [0.25, 0.3) is 11.3 Å². The zero-order valence-electron chi connectivity index (χ0n) is 19.1. The number of nitrogens with one attached hydrogen (secondary N) is 1. The number of carbonyl (C=O) groups is 1. The minimum atomic E-state index is -0.922. The Morgan fingerprint density at radius 3 is 2.88 bits per heavy atom. The van der Waals surface area contributed by atoms with Gasteiger partial charge in [0.15, 0.2) is 5.90 Å². The van der Waals surface area contributed by atoms with Crippen molar-refractivity contribution in [2.45, 2.75) is 26.1 Å². The van der Waals surface area contributed by atoms with Crippen LogP contribution in [0.3, 0.4) is 0 Å². The van der Waals surface area contributed by atoms with Gasteiger partial charge < -0.3 is 19.9 Å². The van der Waals surface area contributed by atoms with Crippen molar-refractivity contribution in [3.8, 4) is 0 Å². The number of fused-ring (bicyclic) bond motifs is 1. The number of alkyl halides is 1. The molecule has 3 aromatic rings. The van der Waals surface area contributed by atoms with Crippen LogP contribution in [0, 0.1) is 12.8 Å². The summed E-state index contributed by atoms with van der Waals surface area (Å²) < 4.78 is 25.7. The van der Waals surface area contributed by atoms with Crippen molar-refractivity contribution in [2.24, 2.45) is 10.9 Å². The molecule has 1 unspecified atom stereocenters. The molecule has 8 nitrogen and oxygen atoms in total. The third-order valence-corrected chi connectivity index (χ3v) is 5.62. The second-order valence-corrected chi connectivity index (χ2v) is 8.13. The molecule has 178 valence electrons. The first-order chi connectivity index (χ1) is 16.4. The molecule has 0 saturated heterocycles. The van der Waals surface area contributed by atoms with Gasteiger partial charge in [-0.3, -0.25) is 9.20 Å². The summed E-state index contributed by atoms with van der Waals surface area (Å²) in [6.07, 6.45) is 2.76. The lowest BCUT2D eigenvalue weighted by atomic mass is 10.1. The highest BCUT2D eigenvalue weighted by atomic mass is 19.1. The normalized spacial score (nSPS) is 17.6. The average Bonchev–Trinajstić information content (AvgIpc) is 3.40. The van der Waals surface area contributed by atoms with E-state index in [1.807, 2.05) is 31.2 Å². The number of aliphatic imine (C=N–C) groups is 1. The summed E-state index contributed by atoms with van der Waals surface area (Å²) in [5.41, 5.74) is 4.47. The van der Waals surface area contributed by atoms with Crippen molar-refractivity contribution in [1.82, 2.24) is 9.38 Å². The van der Waals surface area contributed by atoms with Crippen LogP contribution in [-0.2, 0) is 16.1 Å². The third kappa shape index (κ3) is 5.16. The van der Waals surface area contributed by atoms with Crippen LogP contribution in [-0.4, -0.2) is 52.8 Å². The minimum Gasteiger partial charge on any atom is -0.484 e. The van der Waals surface area contributed by atoms with Crippen LogP contribution in [0.15, 0.2) is 54.3 Å². The first-order valence-corrected chi connectivity index (χ1v) is 10.9. The highest BCUT2D eigenvalue weighted by Crippen LogP contribution is 2.36. The van der Waals surface area contributed by atoms with Crippen molar-refractivity contribution >= 4 is 28.8 Å². The number of aryl methyl sites for hydroxylation is 1. The van der Waals surface area contributed by atoms with Crippen molar-refractivity contribution in [3.63, 3.8) is 0 Å². The molecule has 4 rings (SSSR count). The summed E-state index contributed by atoms with van der Waals surface area (Å²) in [5.74, 6) is -0.305. The van der Waals surface area contributed by atoms with Crippen LogP contribution in [0.2, 0.25) is 0 Å². The Balaban J connectivity index is 1.51. The second-order valence-electron chi connectivity index (χ2n) is 8.13.